The second-order valence-electron chi connectivity index (χ2n) is 6.13. The highest BCUT2D eigenvalue weighted by atomic mass is 32.2. The lowest BCUT2D eigenvalue weighted by molar-refractivity contribution is 0.0957. The van der Waals surface area contributed by atoms with Crippen molar-refractivity contribution < 1.29 is 9.18 Å². The van der Waals surface area contributed by atoms with E-state index in [9.17, 15) is 9.18 Å². The Morgan fingerprint density at radius 1 is 1.08 bits per heavy atom. The largest absolute Gasteiger partial charge is 0.351 e. The smallest absolute Gasteiger partial charge is 0.253 e. The summed E-state index contributed by atoms with van der Waals surface area (Å²) in [6, 6.07) is 10.8. The van der Waals surface area contributed by atoms with E-state index in [-0.39, 0.29) is 11.5 Å². The third-order valence-electron chi connectivity index (χ3n) is 4.07. The van der Waals surface area contributed by atoms with Gasteiger partial charge in [0.15, 0.2) is 0 Å². The van der Waals surface area contributed by atoms with E-state index in [1.807, 2.05) is 20.8 Å². The fraction of sp³-hybridized carbons (Fsp3) is 0.250. The lowest BCUT2D eigenvalue weighted by atomic mass is 10.1. The standard InChI is InChI=1S/C20H20FN3OS/c1-12-4-6-16(7-5-12)26-9-8-22-20(25)17-10-15(21)11-18-19(17)24-14(3)13(2)23-18/h4-7,10-11H,8-9H2,1-3H3,(H,22,25). The monoisotopic (exact) mass is 369 g/mol. The first kappa shape index (κ1) is 18.3. The molecule has 1 amide bonds. The van der Waals surface area contributed by atoms with Crippen LogP contribution in [0.1, 0.15) is 27.3 Å². The molecule has 2 aromatic carbocycles. The van der Waals surface area contributed by atoms with E-state index in [2.05, 4.69) is 39.6 Å². The van der Waals surface area contributed by atoms with E-state index in [1.165, 1.54) is 17.7 Å². The fourth-order valence-electron chi connectivity index (χ4n) is 2.53. The lowest BCUT2D eigenvalue weighted by Crippen LogP contribution is -2.26. The van der Waals surface area contributed by atoms with Gasteiger partial charge in [-0.15, -0.1) is 11.8 Å². The Kier molecular flexibility index (Phi) is 5.52. The number of aryl methyl sites for hydroxylation is 3. The number of hydrogen-bond donors (Lipinski definition) is 1. The molecule has 3 rings (SSSR count). The van der Waals surface area contributed by atoms with Crippen molar-refractivity contribution in [3.05, 3.63) is 64.7 Å². The molecule has 1 heterocycles. The lowest BCUT2D eigenvalue weighted by Gasteiger charge is -2.09. The summed E-state index contributed by atoms with van der Waals surface area (Å²) in [5.74, 6) is -0.0999. The van der Waals surface area contributed by atoms with E-state index >= 15 is 0 Å². The molecular weight excluding hydrogens is 349 g/mol. The predicted octanol–water partition coefficient (Wildman–Crippen LogP) is 4.22. The number of nitrogens with zero attached hydrogens (tertiary/aromatic N) is 2. The van der Waals surface area contributed by atoms with Gasteiger partial charge in [-0.3, -0.25) is 4.79 Å². The zero-order valence-corrected chi connectivity index (χ0v) is 15.8. The number of fused-ring (bicyclic) bond motifs is 1. The maximum atomic E-state index is 13.9. The van der Waals surface area contributed by atoms with Gasteiger partial charge >= 0.3 is 0 Å². The number of halogens is 1. The zero-order valence-electron chi connectivity index (χ0n) is 15.0. The van der Waals surface area contributed by atoms with Crippen LogP contribution < -0.4 is 5.32 Å². The molecule has 134 valence electrons. The van der Waals surface area contributed by atoms with E-state index in [1.54, 1.807) is 11.8 Å². The van der Waals surface area contributed by atoms with E-state index in [0.717, 1.165) is 22.0 Å². The van der Waals surface area contributed by atoms with Crippen molar-refractivity contribution in [1.82, 2.24) is 15.3 Å². The third kappa shape index (κ3) is 4.19. The Labute approximate surface area is 156 Å². The molecule has 0 saturated heterocycles. The summed E-state index contributed by atoms with van der Waals surface area (Å²) in [5.41, 5.74) is 3.71. The highest BCUT2D eigenvalue weighted by Gasteiger charge is 2.15. The van der Waals surface area contributed by atoms with Crippen molar-refractivity contribution in [2.24, 2.45) is 0 Å². The van der Waals surface area contributed by atoms with Crippen LogP contribution in [0.4, 0.5) is 4.39 Å². The summed E-state index contributed by atoms with van der Waals surface area (Å²) >= 11 is 1.66. The molecule has 0 spiro atoms. The van der Waals surface area contributed by atoms with E-state index in [0.29, 0.717) is 17.6 Å². The molecule has 26 heavy (non-hydrogen) atoms. The van der Waals surface area contributed by atoms with Gasteiger partial charge in [-0.25, -0.2) is 14.4 Å². The molecule has 0 aliphatic carbocycles. The zero-order chi connectivity index (χ0) is 18.7. The summed E-state index contributed by atoms with van der Waals surface area (Å²) in [5, 5.41) is 2.84. The molecule has 0 radical (unpaired) electrons. The molecule has 0 aliphatic rings. The van der Waals surface area contributed by atoms with Gasteiger partial charge in [0.25, 0.3) is 5.91 Å². The topological polar surface area (TPSA) is 54.9 Å². The van der Waals surface area contributed by atoms with Crippen LogP contribution in [-0.4, -0.2) is 28.2 Å². The molecule has 1 N–H and O–H groups in total. The predicted molar refractivity (Wildman–Crippen MR) is 103 cm³/mol. The van der Waals surface area contributed by atoms with Crippen LogP contribution in [0.2, 0.25) is 0 Å². The van der Waals surface area contributed by atoms with E-state index < -0.39 is 5.82 Å². The van der Waals surface area contributed by atoms with Crippen LogP contribution in [0.25, 0.3) is 11.0 Å². The first-order valence-electron chi connectivity index (χ1n) is 8.36. The number of carbonyl (C=O) groups excluding carboxylic acids is 1. The third-order valence-corrected chi connectivity index (χ3v) is 5.08. The highest BCUT2D eigenvalue weighted by molar-refractivity contribution is 7.99. The Balaban J connectivity index is 1.69. The fourth-order valence-corrected chi connectivity index (χ4v) is 3.30. The summed E-state index contributed by atoms with van der Waals surface area (Å²) in [6.07, 6.45) is 0. The van der Waals surface area contributed by atoms with Crippen molar-refractivity contribution in [1.29, 1.82) is 0 Å². The van der Waals surface area contributed by atoms with Crippen molar-refractivity contribution >= 4 is 28.7 Å². The van der Waals surface area contributed by atoms with Crippen molar-refractivity contribution in [2.45, 2.75) is 25.7 Å². The number of benzene rings is 2. The maximum Gasteiger partial charge on any atom is 0.253 e. The Bertz CT molecular complexity index is 957. The molecule has 0 saturated carbocycles. The Morgan fingerprint density at radius 2 is 1.77 bits per heavy atom. The number of carbonyl (C=O) groups is 1. The van der Waals surface area contributed by atoms with Crippen LogP contribution in [0, 0.1) is 26.6 Å². The molecule has 0 atom stereocenters. The van der Waals surface area contributed by atoms with Gasteiger partial charge in [0.05, 0.1) is 22.5 Å². The van der Waals surface area contributed by atoms with Gasteiger partial charge < -0.3 is 5.32 Å². The van der Waals surface area contributed by atoms with Gasteiger partial charge in [-0.05, 0) is 39.0 Å². The van der Waals surface area contributed by atoms with Crippen LogP contribution in [0.3, 0.4) is 0 Å². The first-order chi connectivity index (χ1) is 12.4. The van der Waals surface area contributed by atoms with Gasteiger partial charge in [-0.1, -0.05) is 17.7 Å². The minimum absolute atomic E-state index is 0.218. The SMILES string of the molecule is Cc1ccc(SCCNC(=O)c2cc(F)cc3nc(C)c(C)nc23)cc1. The van der Waals surface area contributed by atoms with Crippen LogP contribution in [0.5, 0.6) is 0 Å². The molecule has 0 unspecified atom stereocenters. The number of amides is 1. The number of aromatic nitrogens is 2. The normalized spacial score (nSPS) is 10.9. The molecule has 6 heteroatoms. The average molecular weight is 369 g/mol. The Hall–Kier alpha value is -2.47. The minimum atomic E-state index is -0.491. The summed E-state index contributed by atoms with van der Waals surface area (Å²) < 4.78 is 13.9. The molecule has 0 aliphatic heterocycles. The second kappa shape index (κ2) is 7.83. The minimum Gasteiger partial charge on any atom is -0.351 e. The first-order valence-corrected chi connectivity index (χ1v) is 9.35. The van der Waals surface area contributed by atoms with Gasteiger partial charge in [0.1, 0.15) is 11.3 Å². The number of thioether (sulfide) groups is 1. The molecule has 4 nitrogen and oxygen atoms in total. The van der Waals surface area contributed by atoms with Crippen LogP contribution >= 0.6 is 11.8 Å². The van der Waals surface area contributed by atoms with Crippen LogP contribution in [0.15, 0.2) is 41.3 Å². The molecule has 0 fully saturated rings. The summed E-state index contributed by atoms with van der Waals surface area (Å²) in [4.78, 5) is 22.4. The van der Waals surface area contributed by atoms with E-state index in [4.69, 9.17) is 0 Å². The van der Waals surface area contributed by atoms with Crippen molar-refractivity contribution in [3.8, 4) is 0 Å². The van der Waals surface area contributed by atoms with Gasteiger partial charge in [-0.2, -0.15) is 0 Å². The van der Waals surface area contributed by atoms with Gasteiger partial charge in [0, 0.05) is 23.3 Å². The Morgan fingerprint density at radius 3 is 2.50 bits per heavy atom. The summed E-state index contributed by atoms with van der Waals surface area (Å²) in [6.45, 7) is 6.16. The quantitative estimate of drug-likeness (QED) is 0.540. The molecule has 1 aromatic heterocycles. The maximum absolute atomic E-state index is 13.9. The number of nitrogens with one attached hydrogen (secondary N) is 1. The second-order valence-corrected chi connectivity index (χ2v) is 7.30. The molecule has 3 aromatic rings. The molecular formula is C20H20FN3OS. The number of hydrogen-bond acceptors (Lipinski definition) is 4. The summed E-state index contributed by atoms with van der Waals surface area (Å²) in [7, 11) is 0. The number of rotatable bonds is 5. The van der Waals surface area contributed by atoms with Crippen molar-refractivity contribution in [3.63, 3.8) is 0 Å². The van der Waals surface area contributed by atoms with Crippen LogP contribution in [-0.2, 0) is 0 Å². The highest BCUT2D eigenvalue weighted by Crippen LogP contribution is 2.20. The van der Waals surface area contributed by atoms with Gasteiger partial charge in [0.2, 0.25) is 0 Å². The average Bonchev–Trinajstić information content (AvgIpc) is 2.61. The molecule has 0 bridgehead atoms. The van der Waals surface area contributed by atoms with Crippen molar-refractivity contribution in [2.75, 3.05) is 12.3 Å².